The van der Waals surface area contributed by atoms with E-state index in [2.05, 4.69) is 5.32 Å². The molecule has 1 aromatic carbocycles. The maximum atomic E-state index is 6.23. The summed E-state index contributed by atoms with van der Waals surface area (Å²) in [7, 11) is 1.89. The minimum absolute atomic E-state index is 0.593. The first kappa shape index (κ1) is 10.6. The highest BCUT2D eigenvalue weighted by Gasteiger charge is 2.18. The van der Waals surface area contributed by atoms with Gasteiger partial charge in [0.2, 0.25) is 0 Å². The molecule has 0 saturated carbocycles. The smallest absolute Gasteiger partial charge is 0.165 e. The van der Waals surface area contributed by atoms with Gasteiger partial charge >= 0.3 is 0 Å². The monoisotopic (exact) mass is 227 g/mol. The summed E-state index contributed by atoms with van der Waals surface area (Å²) in [5, 5.41) is 3.84. The van der Waals surface area contributed by atoms with E-state index in [0.29, 0.717) is 13.2 Å². The average Bonchev–Trinajstić information content (AvgIpc) is 2.26. The van der Waals surface area contributed by atoms with Gasteiger partial charge in [-0.15, -0.1) is 0 Å². The molecule has 0 unspecified atom stereocenters. The van der Waals surface area contributed by atoms with Crippen LogP contribution in [0.2, 0.25) is 5.02 Å². The highest BCUT2D eigenvalue weighted by Crippen LogP contribution is 2.39. The summed E-state index contributed by atoms with van der Waals surface area (Å²) in [5.41, 5.74) is 2.00. The molecule has 0 aromatic heterocycles. The molecule has 1 N–H and O–H groups in total. The Morgan fingerprint density at radius 1 is 1.40 bits per heavy atom. The van der Waals surface area contributed by atoms with E-state index in [1.807, 2.05) is 20.0 Å². The van der Waals surface area contributed by atoms with Gasteiger partial charge in [0.15, 0.2) is 11.5 Å². The quantitative estimate of drug-likeness (QED) is 0.840. The second-order valence-electron chi connectivity index (χ2n) is 3.53. The summed E-state index contributed by atoms with van der Waals surface area (Å²) in [6, 6.07) is 1.94. The molecule has 1 aliphatic heterocycles. The van der Waals surface area contributed by atoms with Crippen LogP contribution >= 0.6 is 11.6 Å². The van der Waals surface area contributed by atoms with Gasteiger partial charge in [-0.1, -0.05) is 11.6 Å². The third kappa shape index (κ3) is 1.90. The van der Waals surface area contributed by atoms with Gasteiger partial charge in [0.05, 0.1) is 5.02 Å². The van der Waals surface area contributed by atoms with Crippen LogP contribution in [-0.4, -0.2) is 20.3 Å². The van der Waals surface area contributed by atoms with Gasteiger partial charge in [-0.3, -0.25) is 0 Å². The summed E-state index contributed by atoms with van der Waals surface area (Å²) in [6.07, 6.45) is 0. The molecule has 2 rings (SSSR count). The van der Waals surface area contributed by atoms with Crippen LogP contribution in [0.1, 0.15) is 11.1 Å². The molecule has 0 spiro atoms. The number of hydrogen-bond donors (Lipinski definition) is 1. The molecule has 0 radical (unpaired) electrons. The standard InChI is InChI=1S/C11H14ClNO2/c1-7-10(12)8(6-13-2)5-9-11(7)15-4-3-14-9/h5,13H,3-4,6H2,1-2H3. The molecule has 1 heterocycles. The van der Waals surface area contributed by atoms with E-state index >= 15 is 0 Å². The number of halogens is 1. The average molecular weight is 228 g/mol. The lowest BCUT2D eigenvalue weighted by molar-refractivity contribution is 0.170. The van der Waals surface area contributed by atoms with Crippen LogP contribution in [0.3, 0.4) is 0 Å². The topological polar surface area (TPSA) is 30.5 Å². The number of hydrogen-bond acceptors (Lipinski definition) is 3. The second-order valence-corrected chi connectivity index (χ2v) is 3.91. The Balaban J connectivity index is 2.47. The van der Waals surface area contributed by atoms with Gasteiger partial charge in [0, 0.05) is 12.1 Å². The maximum absolute atomic E-state index is 6.23. The van der Waals surface area contributed by atoms with Crippen molar-refractivity contribution in [2.75, 3.05) is 20.3 Å². The molecule has 0 bridgehead atoms. The van der Waals surface area contributed by atoms with Crippen LogP contribution in [0.4, 0.5) is 0 Å². The molecule has 1 aromatic rings. The van der Waals surface area contributed by atoms with Crippen molar-refractivity contribution in [2.24, 2.45) is 0 Å². The van der Waals surface area contributed by atoms with Crippen LogP contribution in [0.5, 0.6) is 11.5 Å². The van der Waals surface area contributed by atoms with Gasteiger partial charge in [-0.05, 0) is 25.6 Å². The van der Waals surface area contributed by atoms with Gasteiger partial charge in [-0.25, -0.2) is 0 Å². The summed E-state index contributed by atoms with van der Waals surface area (Å²) in [5.74, 6) is 1.58. The van der Waals surface area contributed by atoms with Crippen molar-refractivity contribution in [2.45, 2.75) is 13.5 Å². The first-order valence-electron chi connectivity index (χ1n) is 4.96. The van der Waals surface area contributed by atoms with Crippen LogP contribution in [0.25, 0.3) is 0 Å². The molecule has 0 atom stereocenters. The number of rotatable bonds is 2. The van der Waals surface area contributed by atoms with Crippen LogP contribution in [0, 0.1) is 6.92 Å². The van der Waals surface area contributed by atoms with Crippen molar-refractivity contribution in [3.8, 4) is 11.5 Å². The zero-order valence-electron chi connectivity index (χ0n) is 8.89. The van der Waals surface area contributed by atoms with Crippen LogP contribution in [0.15, 0.2) is 6.07 Å². The van der Waals surface area contributed by atoms with E-state index in [9.17, 15) is 0 Å². The molecule has 15 heavy (non-hydrogen) atoms. The highest BCUT2D eigenvalue weighted by atomic mass is 35.5. The van der Waals surface area contributed by atoms with Crippen molar-refractivity contribution in [1.82, 2.24) is 5.32 Å². The molecule has 0 fully saturated rings. The zero-order valence-corrected chi connectivity index (χ0v) is 9.65. The van der Waals surface area contributed by atoms with Gasteiger partial charge in [0.1, 0.15) is 13.2 Å². The fourth-order valence-electron chi connectivity index (χ4n) is 1.71. The van der Waals surface area contributed by atoms with Gasteiger partial charge in [-0.2, -0.15) is 0 Å². The lowest BCUT2D eigenvalue weighted by Crippen LogP contribution is -2.17. The van der Waals surface area contributed by atoms with Crippen LogP contribution in [-0.2, 0) is 6.54 Å². The van der Waals surface area contributed by atoms with E-state index in [4.69, 9.17) is 21.1 Å². The summed E-state index contributed by atoms with van der Waals surface area (Å²) >= 11 is 6.23. The number of benzene rings is 1. The fraction of sp³-hybridized carbons (Fsp3) is 0.455. The molecule has 3 nitrogen and oxygen atoms in total. The first-order chi connectivity index (χ1) is 7.24. The molecule has 0 amide bonds. The van der Waals surface area contributed by atoms with E-state index in [1.165, 1.54) is 0 Å². The van der Waals surface area contributed by atoms with Crippen molar-refractivity contribution in [1.29, 1.82) is 0 Å². The van der Waals surface area contributed by atoms with E-state index in [1.54, 1.807) is 0 Å². The second kappa shape index (κ2) is 4.29. The predicted molar refractivity (Wildman–Crippen MR) is 59.9 cm³/mol. The van der Waals surface area contributed by atoms with Crippen molar-refractivity contribution >= 4 is 11.6 Å². The lowest BCUT2D eigenvalue weighted by Gasteiger charge is -2.22. The molecule has 1 aliphatic rings. The molecular weight excluding hydrogens is 214 g/mol. The Hall–Kier alpha value is -0.930. The maximum Gasteiger partial charge on any atom is 0.165 e. The predicted octanol–water partition coefficient (Wildman–Crippen LogP) is 2.14. The first-order valence-corrected chi connectivity index (χ1v) is 5.34. The molecule has 0 aliphatic carbocycles. The Morgan fingerprint density at radius 3 is 2.87 bits per heavy atom. The molecule has 4 heteroatoms. The number of fused-ring (bicyclic) bond motifs is 1. The fourth-order valence-corrected chi connectivity index (χ4v) is 1.92. The third-order valence-corrected chi connectivity index (χ3v) is 2.96. The van der Waals surface area contributed by atoms with E-state index in [-0.39, 0.29) is 0 Å². The van der Waals surface area contributed by atoms with Crippen molar-refractivity contribution in [3.63, 3.8) is 0 Å². The van der Waals surface area contributed by atoms with Gasteiger partial charge in [0.25, 0.3) is 0 Å². The van der Waals surface area contributed by atoms with E-state index < -0.39 is 0 Å². The number of ether oxygens (including phenoxy) is 2. The van der Waals surface area contributed by atoms with Crippen LogP contribution < -0.4 is 14.8 Å². The zero-order chi connectivity index (χ0) is 10.8. The molecule has 0 saturated heterocycles. The summed E-state index contributed by atoms with van der Waals surface area (Å²) in [4.78, 5) is 0. The minimum Gasteiger partial charge on any atom is -0.486 e. The lowest BCUT2D eigenvalue weighted by atomic mass is 10.1. The molecular formula is C11H14ClNO2. The molecule has 82 valence electrons. The van der Waals surface area contributed by atoms with Gasteiger partial charge < -0.3 is 14.8 Å². The third-order valence-electron chi connectivity index (χ3n) is 2.44. The van der Waals surface area contributed by atoms with E-state index in [0.717, 1.165) is 34.2 Å². The SMILES string of the molecule is CNCc1cc2c(c(C)c1Cl)OCCO2. The highest BCUT2D eigenvalue weighted by molar-refractivity contribution is 6.32. The Labute approximate surface area is 94.3 Å². The number of nitrogens with one attached hydrogen (secondary N) is 1. The normalized spacial score (nSPS) is 14.1. The Morgan fingerprint density at radius 2 is 2.13 bits per heavy atom. The summed E-state index contributed by atoms with van der Waals surface area (Å²) < 4.78 is 11.1. The Bertz CT molecular complexity index is 379. The Kier molecular flexibility index (Phi) is 3.03. The van der Waals surface area contributed by atoms with Crippen molar-refractivity contribution < 1.29 is 9.47 Å². The largest absolute Gasteiger partial charge is 0.486 e. The van der Waals surface area contributed by atoms with Crippen molar-refractivity contribution in [3.05, 3.63) is 22.2 Å². The summed E-state index contributed by atoms with van der Waals surface area (Å²) in [6.45, 7) is 3.88. The minimum atomic E-state index is 0.593.